The number of carbonyl (C=O) groups excluding carboxylic acids is 1. The van der Waals surface area contributed by atoms with Crippen molar-refractivity contribution in [1.29, 1.82) is 0 Å². The number of nitrogens with one attached hydrogen (secondary N) is 2. The highest BCUT2D eigenvalue weighted by Crippen LogP contribution is 2.40. The second kappa shape index (κ2) is 6.47. The van der Waals surface area contributed by atoms with Crippen molar-refractivity contribution in [3.63, 3.8) is 0 Å². The van der Waals surface area contributed by atoms with Gasteiger partial charge in [-0.25, -0.2) is 14.4 Å². The first-order valence-electron chi connectivity index (χ1n) is 9.52. The maximum atomic E-state index is 13.2. The van der Waals surface area contributed by atoms with Gasteiger partial charge in [-0.15, -0.1) is 0 Å². The molecule has 2 bridgehead atoms. The van der Waals surface area contributed by atoms with Gasteiger partial charge in [0.15, 0.2) is 0 Å². The van der Waals surface area contributed by atoms with E-state index in [0.717, 1.165) is 48.2 Å². The average Bonchev–Trinajstić information content (AvgIpc) is 3.25. The predicted molar refractivity (Wildman–Crippen MR) is 105 cm³/mol. The minimum absolute atomic E-state index is 0.216. The molecule has 7 nitrogen and oxygen atoms in total. The Morgan fingerprint density at radius 1 is 1.18 bits per heavy atom. The molecule has 0 aliphatic carbocycles. The highest BCUT2D eigenvalue weighted by molar-refractivity contribution is 6.06. The normalized spacial score (nSPS) is 23.9. The van der Waals surface area contributed by atoms with Crippen LogP contribution in [0.4, 0.5) is 15.9 Å². The van der Waals surface area contributed by atoms with Gasteiger partial charge >= 0.3 is 0 Å². The van der Waals surface area contributed by atoms with Gasteiger partial charge in [-0.3, -0.25) is 4.79 Å². The lowest BCUT2D eigenvalue weighted by molar-refractivity contribution is 0.100. The molecule has 144 valence electrons. The second-order valence-corrected chi connectivity index (χ2v) is 7.59. The number of aromatic nitrogens is 3. The Balaban J connectivity index is 1.41. The van der Waals surface area contributed by atoms with Crippen molar-refractivity contribution in [1.82, 2.24) is 15.0 Å². The maximum Gasteiger partial charge on any atom is 0.252 e. The first-order valence-corrected chi connectivity index (χ1v) is 9.52. The SMILES string of the molecule is NC(=O)c1cnc2[nH]ccc2c1NC1C[C@@H]2CC[C@@H](C1)N2c1ccc(F)cn1. The summed E-state index contributed by atoms with van der Waals surface area (Å²) in [5.41, 5.74) is 7.46. The first-order chi connectivity index (χ1) is 13.6. The summed E-state index contributed by atoms with van der Waals surface area (Å²) in [6.45, 7) is 0. The molecule has 0 radical (unpaired) electrons. The quantitative estimate of drug-likeness (QED) is 0.646. The van der Waals surface area contributed by atoms with Crippen molar-refractivity contribution in [3.05, 3.63) is 48.2 Å². The summed E-state index contributed by atoms with van der Waals surface area (Å²) in [5.74, 6) is 0.0240. The number of amides is 1. The highest BCUT2D eigenvalue weighted by atomic mass is 19.1. The number of rotatable bonds is 4. The molecule has 8 heteroatoms. The summed E-state index contributed by atoms with van der Waals surface area (Å²) in [6, 6.07) is 6.03. The number of anilines is 2. The zero-order valence-corrected chi connectivity index (χ0v) is 15.2. The first kappa shape index (κ1) is 17.0. The Kier molecular flexibility index (Phi) is 3.92. The van der Waals surface area contributed by atoms with Crippen LogP contribution in [0.2, 0.25) is 0 Å². The molecular weight excluding hydrogens is 359 g/mol. The van der Waals surface area contributed by atoms with Gasteiger partial charge in [0, 0.05) is 35.9 Å². The minimum Gasteiger partial charge on any atom is -0.381 e. The Labute approximate surface area is 161 Å². The van der Waals surface area contributed by atoms with Crippen LogP contribution in [-0.2, 0) is 0 Å². The average molecular weight is 380 g/mol. The molecule has 0 saturated carbocycles. The number of carbonyl (C=O) groups is 1. The number of primary amides is 1. The standard InChI is InChI=1S/C20H21FN6O/c21-11-1-4-17(24-9-11)27-13-2-3-14(27)8-12(7-13)26-18-15-5-6-23-20(15)25-10-16(18)19(22)28/h1,4-6,9-10,12-14H,2-3,7-8H2,(H2,22,28)(H2,23,25,26)/t13-,14-/m0/s1. The molecule has 2 fully saturated rings. The molecule has 2 aliphatic rings. The fourth-order valence-electron chi connectivity index (χ4n) is 4.74. The van der Waals surface area contributed by atoms with E-state index in [2.05, 4.69) is 25.2 Å². The molecule has 0 spiro atoms. The van der Waals surface area contributed by atoms with Gasteiger partial charge < -0.3 is 20.9 Å². The van der Waals surface area contributed by atoms with Crippen LogP contribution in [0.25, 0.3) is 11.0 Å². The Morgan fingerprint density at radius 3 is 2.64 bits per heavy atom. The van der Waals surface area contributed by atoms with E-state index in [9.17, 15) is 9.18 Å². The van der Waals surface area contributed by atoms with E-state index in [1.807, 2.05) is 6.07 Å². The number of fused-ring (bicyclic) bond motifs is 3. The summed E-state index contributed by atoms with van der Waals surface area (Å²) >= 11 is 0. The monoisotopic (exact) mass is 380 g/mol. The number of hydrogen-bond acceptors (Lipinski definition) is 5. The molecule has 0 unspecified atom stereocenters. The van der Waals surface area contributed by atoms with E-state index in [4.69, 9.17) is 5.73 Å². The molecule has 28 heavy (non-hydrogen) atoms. The summed E-state index contributed by atoms with van der Waals surface area (Å²) in [5, 5.41) is 4.44. The third-order valence-corrected chi connectivity index (χ3v) is 5.91. The fraction of sp³-hybridized carbons (Fsp3) is 0.350. The van der Waals surface area contributed by atoms with Gasteiger partial charge in [0.25, 0.3) is 5.91 Å². The molecule has 1 amide bonds. The van der Waals surface area contributed by atoms with Crippen LogP contribution < -0.4 is 16.0 Å². The van der Waals surface area contributed by atoms with Gasteiger partial charge in [0.2, 0.25) is 0 Å². The summed E-state index contributed by atoms with van der Waals surface area (Å²) < 4.78 is 13.2. The Morgan fingerprint density at radius 2 is 1.96 bits per heavy atom. The van der Waals surface area contributed by atoms with Gasteiger partial charge in [-0.05, 0) is 43.9 Å². The van der Waals surface area contributed by atoms with Gasteiger partial charge in [0.1, 0.15) is 17.3 Å². The lowest BCUT2D eigenvalue weighted by atomic mass is 9.96. The number of nitrogens with two attached hydrogens (primary N) is 1. The smallest absolute Gasteiger partial charge is 0.252 e. The summed E-state index contributed by atoms with van der Waals surface area (Å²) in [6.07, 6.45) is 8.61. The highest BCUT2D eigenvalue weighted by Gasteiger charge is 2.41. The third kappa shape index (κ3) is 2.76. The van der Waals surface area contributed by atoms with E-state index in [1.165, 1.54) is 18.5 Å². The molecule has 4 N–H and O–H groups in total. The molecule has 0 aromatic carbocycles. The maximum absolute atomic E-state index is 13.2. The molecule has 2 aliphatic heterocycles. The molecule has 3 aromatic rings. The lowest BCUT2D eigenvalue weighted by Crippen LogP contribution is -2.47. The van der Waals surface area contributed by atoms with Crippen LogP contribution in [0, 0.1) is 5.82 Å². The summed E-state index contributed by atoms with van der Waals surface area (Å²) in [4.78, 5) is 25.9. The van der Waals surface area contributed by atoms with Crippen LogP contribution in [-0.4, -0.2) is 39.0 Å². The van der Waals surface area contributed by atoms with Crippen molar-refractivity contribution < 1.29 is 9.18 Å². The van der Waals surface area contributed by atoms with Gasteiger partial charge in [-0.2, -0.15) is 0 Å². The van der Waals surface area contributed by atoms with Crippen molar-refractivity contribution >= 4 is 28.4 Å². The minimum atomic E-state index is -0.492. The van der Waals surface area contributed by atoms with Gasteiger partial charge in [-0.1, -0.05) is 0 Å². The Hall–Kier alpha value is -3.16. The van der Waals surface area contributed by atoms with Crippen molar-refractivity contribution in [3.8, 4) is 0 Å². The molecule has 2 atom stereocenters. The zero-order valence-electron chi connectivity index (χ0n) is 15.2. The van der Waals surface area contributed by atoms with Crippen LogP contribution >= 0.6 is 0 Å². The molecule has 5 heterocycles. The number of piperidine rings is 1. The van der Waals surface area contributed by atoms with Crippen LogP contribution in [0.1, 0.15) is 36.0 Å². The number of nitrogens with zero attached hydrogens (tertiary/aromatic N) is 3. The van der Waals surface area contributed by atoms with Crippen molar-refractivity contribution in [2.45, 2.75) is 43.8 Å². The number of pyridine rings is 2. The number of H-pyrrole nitrogens is 1. The largest absolute Gasteiger partial charge is 0.381 e. The van der Waals surface area contributed by atoms with E-state index in [1.54, 1.807) is 12.3 Å². The number of aromatic amines is 1. The van der Waals surface area contributed by atoms with E-state index in [-0.39, 0.29) is 11.9 Å². The summed E-state index contributed by atoms with van der Waals surface area (Å²) in [7, 11) is 0. The zero-order chi connectivity index (χ0) is 19.3. The Bertz CT molecular complexity index is 1020. The predicted octanol–water partition coefficient (Wildman–Crippen LogP) is 2.81. The lowest BCUT2D eigenvalue weighted by Gasteiger charge is -2.40. The van der Waals surface area contributed by atoms with Crippen LogP contribution in [0.5, 0.6) is 0 Å². The number of halogens is 1. The molecule has 2 saturated heterocycles. The van der Waals surface area contributed by atoms with E-state index < -0.39 is 5.91 Å². The fourth-order valence-corrected chi connectivity index (χ4v) is 4.74. The second-order valence-electron chi connectivity index (χ2n) is 7.59. The van der Waals surface area contributed by atoms with Gasteiger partial charge in [0.05, 0.1) is 17.4 Å². The molecule has 3 aromatic heterocycles. The molecule has 5 rings (SSSR count). The van der Waals surface area contributed by atoms with Crippen molar-refractivity contribution in [2.24, 2.45) is 5.73 Å². The topological polar surface area (TPSA) is 99.9 Å². The van der Waals surface area contributed by atoms with Crippen LogP contribution in [0.3, 0.4) is 0 Å². The van der Waals surface area contributed by atoms with Crippen molar-refractivity contribution in [2.75, 3.05) is 10.2 Å². The van der Waals surface area contributed by atoms with E-state index >= 15 is 0 Å². The van der Waals surface area contributed by atoms with E-state index in [0.29, 0.717) is 17.6 Å². The number of hydrogen-bond donors (Lipinski definition) is 3. The third-order valence-electron chi connectivity index (χ3n) is 5.91. The molecular formula is C20H21FN6O. The van der Waals surface area contributed by atoms with Crippen LogP contribution in [0.15, 0.2) is 36.8 Å².